The van der Waals surface area contributed by atoms with Crippen LogP contribution >= 0.6 is 0 Å². The fourth-order valence-electron chi connectivity index (χ4n) is 3.60. The Morgan fingerprint density at radius 3 is 2.25 bits per heavy atom. The summed E-state index contributed by atoms with van der Waals surface area (Å²) >= 11 is 0. The molecule has 2 aromatic rings. The molecule has 28 heavy (non-hydrogen) atoms. The highest BCUT2D eigenvalue weighted by atomic mass is 32.2. The summed E-state index contributed by atoms with van der Waals surface area (Å²) in [6, 6.07) is 10.3. The number of piperidine rings is 1. The molecule has 2 aromatic carbocycles. The van der Waals surface area contributed by atoms with Crippen LogP contribution in [0.5, 0.6) is 0 Å². The molecule has 1 N–H and O–H groups in total. The summed E-state index contributed by atoms with van der Waals surface area (Å²) in [6.07, 6.45) is 1.02. The highest BCUT2D eigenvalue weighted by Crippen LogP contribution is 2.27. The first-order valence-electron chi connectivity index (χ1n) is 9.34. The number of amides is 1. The zero-order valence-electron chi connectivity index (χ0n) is 16.3. The number of rotatable bonds is 4. The minimum absolute atomic E-state index is 0.173. The molecule has 3 rings (SSSR count). The fraction of sp³-hybridized carbons (Fsp3) is 0.381. The molecule has 0 bridgehead atoms. The molecule has 0 unspecified atom stereocenters. The van der Waals surface area contributed by atoms with E-state index >= 15 is 0 Å². The number of anilines is 1. The minimum Gasteiger partial charge on any atom is -0.322 e. The lowest BCUT2D eigenvalue weighted by Crippen LogP contribution is -2.42. The molecule has 1 aliphatic rings. The van der Waals surface area contributed by atoms with E-state index in [9.17, 15) is 17.6 Å². The average molecular weight is 405 g/mol. The number of carbonyl (C=O) groups excluding carboxylic acids is 1. The summed E-state index contributed by atoms with van der Waals surface area (Å²) < 4.78 is 41.0. The lowest BCUT2D eigenvalue weighted by molar-refractivity contribution is 0.102. The van der Waals surface area contributed by atoms with Crippen molar-refractivity contribution < 1.29 is 17.6 Å². The third kappa shape index (κ3) is 4.42. The molecule has 1 aliphatic heterocycles. The summed E-state index contributed by atoms with van der Waals surface area (Å²) in [6.45, 7) is 6.77. The largest absolute Gasteiger partial charge is 0.322 e. The number of sulfonamides is 1. The Balaban J connectivity index is 1.75. The van der Waals surface area contributed by atoms with E-state index in [1.807, 2.05) is 0 Å². The van der Waals surface area contributed by atoms with Gasteiger partial charge in [-0.1, -0.05) is 19.9 Å². The van der Waals surface area contributed by atoms with Gasteiger partial charge in [0.1, 0.15) is 5.82 Å². The van der Waals surface area contributed by atoms with Crippen molar-refractivity contribution in [2.45, 2.75) is 32.1 Å². The maximum absolute atomic E-state index is 13.6. The van der Waals surface area contributed by atoms with Gasteiger partial charge in [0, 0.05) is 24.3 Å². The van der Waals surface area contributed by atoms with E-state index in [0.717, 1.165) is 6.42 Å². The molecule has 150 valence electrons. The van der Waals surface area contributed by atoms with Crippen molar-refractivity contribution in [1.29, 1.82) is 0 Å². The molecule has 1 heterocycles. The number of halogens is 1. The topological polar surface area (TPSA) is 66.5 Å². The van der Waals surface area contributed by atoms with E-state index in [1.54, 1.807) is 19.1 Å². The van der Waals surface area contributed by atoms with Crippen LogP contribution in [0, 0.1) is 24.6 Å². The standard InChI is InChI=1S/C21H25FN2O3S/c1-14-10-15(2)13-24(12-14)28(26,27)19-8-5-17(6-9-19)21(25)23-18-7-4-16(3)20(22)11-18/h4-9,11,14-15H,10,12-13H2,1-3H3,(H,23,25)/t14-,15-/m1/s1. The maximum atomic E-state index is 13.6. The Morgan fingerprint density at radius 2 is 1.68 bits per heavy atom. The SMILES string of the molecule is Cc1ccc(NC(=O)c2ccc(S(=O)(=O)N3C[C@H](C)C[C@@H](C)C3)cc2)cc1F. The van der Waals surface area contributed by atoms with Gasteiger partial charge in [-0.25, -0.2) is 12.8 Å². The van der Waals surface area contributed by atoms with Crippen LogP contribution in [0.2, 0.25) is 0 Å². The van der Waals surface area contributed by atoms with Gasteiger partial charge in [-0.05, 0) is 67.1 Å². The zero-order valence-corrected chi connectivity index (χ0v) is 17.1. The van der Waals surface area contributed by atoms with Crippen LogP contribution in [0.15, 0.2) is 47.4 Å². The molecule has 1 amide bonds. The Morgan fingerprint density at radius 1 is 1.07 bits per heavy atom. The first kappa shape index (κ1) is 20.5. The van der Waals surface area contributed by atoms with Crippen molar-refractivity contribution in [2.75, 3.05) is 18.4 Å². The Hall–Kier alpha value is -2.25. The van der Waals surface area contributed by atoms with Crippen LogP contribution in [0.3, 0.4) is 0 Å². The molecule has 2 atom stereocenters. The number of benzene rings is 2. The fourth-order valence-corrected chi connectivity index (χ4v) is 5.28. The number of nitrogens with one attached hydrogen (secondary N) is 1. The molecule has 5 nitrogen and oxygen atoms in total. The summed E-state index contributed by atoms with van der Waals surface area (Å²) in [5.74, 6) is -0.186. The summed E-state index contributed by atoms with van der Waals surface area (Å²) in [7, 11) is -3.59. The van der Waals surface area contributed by atoms with Crippen molar-refractivity contribution in [2.24, 2.45) is 11.8 Å². The summed E-state index contributed by atoms with van der Waals surface area (Å²) in [5, 5.41) is 2.62. The van der Waals surface area contributed by atoms with Gasteiger partial charge >= 0.3 is 0 Å². The quantitative estimate of drug-likeness (QED) is 0.836. The van der Waals surface area contributed by atoms with Crippen LogP contribution in [0.1, 0.15) is 36.2 Å². The molecule has 0 radical (unpaired) electrons. The van der Waals surface area contributed by atoms with Crippen molar-refractivity contribution in [1.82, 2.24) is 4.31 Å². The van der Waals surface area contributed by atoms with Crippen molar-refractivity contribution >= 4 is 21.6 Å². The second-order valence-electron chi connectivity index (χ2n) is 7.71. The van der Waals surface area contributed by atoms with Gasteiger partial charge in [0.2, 0.25) is 10.0 Å². The minimum atomic E-state index is -3.59. The van der Waals surface area contributed by atoms with Gasteiger partial charge in [-0.3, -0.25) is 4.79 Å². The molecule has 1 fully saturated rings. The van der Waals surface area contributed by atoms with Gasteiger partial charge in [0.25, 0.3) is 5.91 Å². The van der Waals surface area contributed by atoms with Gasteiger partial charge in [-0.2, -0.15) is 4.31 Å². The third-order valence-electron chi connectivity index (χ3n) is 5.02. The molecule has 0 saturated carbocycles. The van der Waals surface area contributed by atoms with Crippen molar-refractivity contribution in [3.63, 3.8) is 0 Å². The average Bonchev–Trinajstić information content (AvgIpc) is 2.64. The lowest BCUT2D eigenvalue weighted by Gasteiger charge is -2.34. The molecule has 1 saturated heterocycles. The summed E-state index contributed by atoms with van der Waals surface area (Å²) in [4.78, 5) is 12.5. The number of carbonyl (C=O) groups is 1. The third-order valence-corrected chi connectivity index (χ3v) is 6.87. The van der Waals surface area contributed by atoms with E-state index in [1.165, 1.54) is 34.6 Å². The molecule has 0 aliphatic carbocycles. The van der Waals surface area contributed by atoms with E-state index in [2.05, 4.69) is 19.2 Å². The first-order chi connectivity index (χ1) is 13.2. The van der Waals surface area contributed by atoms with Crippen LogP contribution in [0.25, 0.3) is 0 Å². The van der Waals surface area contributed by atoms with Gasteiger partial charge < -0.3 is 5.32 Å². The normalized spacial score (nSPS) is 20.7. The van der Waals surface area contributed by atoms with E-state index < -0.39 is 21.7 Å². The first-order valence-corrected chi connectivity index (χ1v) is 10.8. The summed E-state index contributed by atoms with van der Waals surface area (Å²) in [5.41, 5.74) is 1.15. The number of nitrogens with zero attached hydrogens (tertiary/aromatic N) is 1. The van der Waals surface area contributed by atoms with Gasteiger partial charge in [0.05, 0.1) is 4.90 Å². The maximum Gasteiger partial charge on any atom is 0.255 e. The predicted molar refractivity (Wildman–Crippen MR) is 107 cm³/mol. The monoisotopic (exact) mass is 404 g/mol. The van der Waals surface area contributed by atoms with Crippen LogP contribution in [-0.2, 0) is 10.0 Å². The second kappa shape index (κ2) is 8.01. The van der Waals surface area contributed by atoms with Gasteiger partial charge in [0.15, 0.2) is 0 Å². The molecular weight excluding hydrogens is 379 g/mol. The van der Waals surface area contributed by atoms with Crippen LogP contribution in [0.4, 0.5) is 10.1 Å². The van der Waals surface area contributed by atoms with Crippen molar-refractivity contribution in [3.05, 3.63) is 59.4 Å². The highest BCUT2D eigenvalue weighted by Gasteiger charge is 2.31. The smallest absolute Gasteiger partial charge is 0.255 e. The van der Waals surface area contributed by atoms with E-state index in [-0.39, 0.29) is 4.90 Å². The van der Waals surface area contributed by atoms with Crippen molar-refractivity contribution in [3.8, 4) is 0 Å². The number of hydrogen-bond donors (Lipinski definition) is 1. The van der Waals surface area contributed by atoms with Crippen LogP contribution in [-0.4, -0.2) is 31.7 Å². The lowest BCUT2D eigenvalue weighted by atomic mass is 9.94. The predicted octanol–water partition coefficient (Wildman–Crippen LogP) is 4.05. The Kier molecular flexibility index (Phi) is 5.86. The molecular formula is C21H25FN2O3S. The van der Waals surface area contributed by atoms with Gasteiger partial charge in [-0.15, -0.1) is 0 Å². The Bertz CT molecular complexity index is 964. The molecule has 0 spiro atoms. The Labute approximate surface area is 165 Å². The van der Waals surface area contributed by atoms with E-state index in [4.69, 9.17) is 0 Å². The molecule has 0 aromatic heterocycles. The zero-order chi connectivity index (χ0) is 20.5. The second-order valence-corrected chi connectivity index (χ2v) is 9.65. The van der Waals surface area contributed by atoms with Crippen LogP contribution < -0.4 is 5.32 Å². The highest BCUT2D eigenvalue weighted by molar-refractivity contribution is 7.89. The number of hydrogen-bond acceptors (Lipinski definition) is 3. The molecule has 7 heteroatoms. The van der Waals surface area contributed by atoms with E-state index in [0.29, 0.717) is 41.7 Å². The number of aryl methyl sites for hydroxylation is 1.